The number of nitrogens with one attached hydrogen (secondary N) is 2. The molecule has 0 aromatic heterocycles. The maximum atomic E-state index is 12.3. The van der Waals surface area contributed by atoms with Crippen LogP contribution in [0, 0.1) is 0 Å². The third-order valence-corrected chi connectivity index (χ3v) is 5.84. The van der Waals surface area contributed by atoms with Gasteiger partial charge in [-0.15, -0.1) is 0 Å². The van der Waals surface area contributed by atoms with Gasteiger partial charge < -0.3 is 10.6 Å². The van der Waals surface area contributed by atoms with E-state index in [9.17, 15) is 9.59 Å². The topological polar surface area (TPSA) is 61.4 Å². The quantitative estimate of drug-likeness (QED) is 0.677. The maximum Gasteiger partial charge on any atom is 0.251 e. The Morgan fingerprint density at radius 2 is 1.55 bits per heavy atom. The molecule has 5 heteroatoms. The van der Waals surface area contributed by atoms with E-state index in [1.807, 2.05) is 30.3 Å². The van der Waals surface area contributed by atoms with Crippen molar-refractivity contribution in [1.82, 2.24) is 15.5 Å². The Bertz CT molecular complexity index is 878. The third-order valence-electron chi connectivity index (χ3n) is 5.84. The van der Waals surface area contributed by atoms with E-state index < -0.39 is 0 Å². The summed E-state index contributed by atoms with van der Waals surface area (Å²) < 4.78 is 0. The number of carbonyl (C=O) groups is 2. The largest absolute Gasteiger partial charge is 0.352 e. The van der Waals surface area contributed by atoms with Gasteiger partial charge in [0, 0.05) is 31.6 Å². The smallest absolute Gasteiger partial charge is 0.251 e. The second kappa shape index (κ2) is 10.6. The van der Waals surface area contributed by atoms with Gasteiger partial charge >= 0.3 is 0 Å². The van der Waals surface area contributed by atoms with Gasteiger partial charge in [-0.05, 0) is 60.2 Å². The lowest BCUT2D eigenvalue weighted by Crippen LogP contribution is -2.31. The Kier molecular flexibility index (Phi) is 7.85. The zero-order chi connectivity index (χ0) is 22.3. The molecule has 1 saturated heterocycles. The molecule has 1 heterocycles. The molecular weight excluding hydrogens is 386 g/mol. The molecular formula is C26H35N3O2. The highest BCUT2D eigenvalue weighted by molar-refractivity contribution is 5.94. The highest BCUT2D eigenvalue weighted by Crippen LogP contribution is 2.22. The normalized spacial score (nSPS) is 14.4. The summed E-state index contributed by atoms with van der Waals surface area (Å²) in [5.74, 6) is -0.205. The van der Waals surface area contributed by atoms with Gasteiger partial charge in [0.05, 0.1) is 0 Å². The van der Waals surface area contributed by atoms with Crippen molar-refractivity contribution in [1.29, 1.82) is 0 Å². The average Bonchev–Trinajstić information content (AvgIpc) is 3.25. The first kappa shape index (κ1) is 23.0. The second-order valence-electron chi connectivity index (χ2n) is 9.36. The van der Waals surface area contributed by atoms with Gasteiger partial charge in [0.15, 0.2) is 0 Å². The minimum atomic E-state index is -0.149. The number of carbonyl (C=O) groups excluding carboxylic acids is 2. The van der Waals surface area contributed by atoms with Crippen LogP contribution in [0.15, 0.2) is 48.5 Å². The van der Waals surface area contributed by atoms with Crippen molar-refractivity contribution in [2.24, 2.45) is 0 Å². The number of hydrogen-bond acceptors (Lipinski definition) is 3. The monoisotopic (exact) mass is 421 g/mol. The van der Waals surface area contributed by atoms with Crippen molar-refractivity contribution in [2.45, 2.75) is 58.5 Å². The van der Waals surface area contributed by atoms with Gasteiger partial charge in [0.2, 0.25) is 5.91 Å². The van der Waals surface area contributed by atoms with Crippen LogP contribution in [0.25, 0.3) is 0 Å². The highest BCUT2D eigenvalue weighted by atomic mass is 16.2. The molecule has 1 aliphatic rings. The third kappa shape index (κ3) is 6.93. The number of benzene rings is 2. The predicted molar refractivity (Wildman–Crippen MR) is 125 cm³/mol. The predicted octanol–water partition coefficient (Wildman–Crippen LogP) is 4.02. The molecule has 2 N–H and O–H groups in total. The van der Waals surface area contributed by atoms with Crippen molar-refractivity contribution in [2.75, 3.05) is 19.6 Å². The Balaban J connectivity index is 1.42. The molecule has 0 aliphatic carbocycles. The van der Waals surface area contributed by atoms with Crippen LogP contribution < -0.4 is 10.6 Å². The van der Waals surface area contributed by atoms with Gasteiger partial charge in [0.1, 0.15) is 0 Å². The molecule has 1 aliphatic heterocycles. The summed E-state index contributed by atoms with van der Waals surface area (Å²) >= 11 is 0. The maximum absolute atomic E-state index is 12.3. The molecule has 2 amide bonds. The summed E-state index contributed by atoms with van der Waals surface area (Å²) in [5, 5.41) is 5.83. The van der Waals surface area contributed by atoms with E-state index in [1.165, 1.54) is 24.0 Å². The number of nitrogens with zero attached hydrogens (tertiary/aromatic N) is 1. The Morgan fingerprint density at radius 3 is 2.19 bits per heavy atom. The Morgan fingerprint density at radius 1 is 0.903 bits per heavy atom. The lowest BCUT2D eigenvalue weighted by molar-refractivity contribution is -0.121. The van der Waals surface area contributed by atoms with E-state index >= 15 is 0 Å². The van der Waals surface area contributed by atoms with Crippen molar-refractivity contribution in [3.05, 3.63) is 70.8 Å². The summed E-state index contributed by atoms with van der Waals surface area (Å²) in [5.41, 5.74) is 4.29. The van der Waals surface area contributed by atoms with Crippen LogP contribution in [-0.4, -0.2) is 36.3 Å². The second-order valence-corrected chi connectivity index (χ2v) is 9.36. The summed E-state index contributed by atoms with van der Waals surface area (Å²) in [7, 11) is 0. The van der Waals surface area contributed by atoms with Crippen LogP contribution in [0.1, 0.15) is 67.1 Å². The number of amides is 2. The molecule has 2 aromatic carbocycles. The first-order valence-electron chi connectivity index (χ1n) is 11.3. The minimum Gasteiger partial charge on any atom is -0.352 e. The fourth-order valence-electron chi connectivity index (χ4n) is 3.86. The van der Waals surface area contributed by atoms with E-state index in [-0.39, 0.29) is 23.7 Å². The Hall–Kier alpha value is -2.66. The molecule has 1 fully saturated rings. The van der Waals surface area contributed by atoms with Gasteiger partial charge in [-0.2, -0.15) is 0 Å². The average molecular weight is 422 g/mol. The van der Waals surface area contributed by atoms with Gasteiger partial charge in [-0.1, -0.05) is 57.2 Å². The molecule has 5 nitrogen and oxygen atoms in total. The molecule has 0 radical (unpaired) electrons. The highest BCUT2D eigenvalue weighted by Gasteiger charge is 2.15. The lowest BCUT2D eigenvalue weighted by Gasteiger charge is -2.19. The molecule has 0 atom stereocenters. The molecule has 2 aromatic rings. The van der Waals surface area contributed by atoms with Crippen LogP contribution in [-0.2, 0) is 23.3 Å². The van der Waals surface area contributed by atoms with Crippen LogP contribution in [0.4, 0.5) is 0 Å². The number of likely N-dealkylation sites (tertiary alicyclic amines) is 1. The standard InChI is InChI=1S/C26H35N3O2/c1-26(2,3)23-12-10-20(11-13-23)25(31)27-15-14-24(30)28-18-21-8-4-5-9-22(21)19-29-16-6-7-17-29/h4-5,8-13H,6-7,14-19H2,1-3H3,(H,27,31)(H,28,30). The number of hydrogen-bond donors (Lipinski definition) is 2. The van der Waals surface area contributed by atoms with E-state index in [0.29, 0.717) is 18.7 Å². The SMILES string of the molecule is CC(C)(C)c1ccc(C(=O)NCCC(=O)NCc2ccccc2CN2CCCC2)cc1. The van der Waals surface area contributed by atoms with Gasteiger partial charge in [-0.3, -0.25) is 14.5 Å². The van der Waals surface area contributed by atoms with E-state index in [2.05, 4.69) is 54.5 Å². The van der Waals surface area contributed by atoms with E-state index in [4.69, 9.17) is 0 Å². The van der Waals surface area contributed by atoms with Gasteiger partial charge in [0.25, 0.3) is 5.91 Å². The van der Waals surface area contributed by atoms with Gasteiger partial charge in [-0.25, -0.2) is 0 Å². The number of rotatable bonds is 8. The molecule has 0 unspecified atom stereocenters. The Labute approximate surface area is 186 Å². The summed E-state index contributed by atoms with van der Waals surface area (Å²) in [4.78, 5) is 27.1. The van der Waals surface area contributed by atoms with Crippen LogP contribution >= 0.6 is 0 Å². The zero-order valence-electron chi connectivity index (χ0n) is 19.0. The molecule has 166 valence electrons. The minimum absolute atomic E-state index is 0.0557. The summed E-state index contributed by atoms with van der Waals surface area (Å²) in [6, 6.07) is 15.9. The molecule has 3 rings (SSSR count). The first-order valence-corrected chi connectivity index (χ1v) is 11.3. The van der Waals surface area contributed by atoms with Crippen LogP contribution in [0.3, 0.4) is 0 Å². The fourth-order valence-corrected chi connectivity index (χ4v) is 3.86. The molecule has 0 saturated carbocycles. The van der Waals surface area contributed by atoms with Crippen molar-refractivity contribution in [3.63, 3.8) is 0 Å². The summed E-state index contributed by atoms with van der Waals surface area (Å²) in [6.07, 6.45) is 2.80. The molecule has 0 spiro atoms. The summed E-state index contributed by atoms with van der Waals surface area (Å²) in [6.45, 7) is 10.5. The molecule has 0 bridgehead atoms. The van der Waals surface area contributed by atoms with Crippen molar-refractivity contribution < 1.29 is 9.59 Å². The fraction of sp³-hybridized carbons (Fsp3) is 0.462. The first-order chi connectivity index (χ1) is 14.8. The van der Waals surface area contributed by atoms with Crippen molar-refractivity contribution in [3.8, 4) is 0 Å². The van der Waals surface area contributed by atoms with Crippen molar-refractivity contribution >= 4 is 11.8 Å². The molecule has 31 heavy (non-hydrogen) atoms. The van der Waals surface area contributed by atoms with E-state index in [0.717, 1.165) is 25.2 Å². The van der Waals surface area contributed by atoms with E-state index in [1.54, 1.807) is 0 Å². The van der Waals surface area contributed by atoms with Crippen LogP contribution in [0.5, 0.6) is 0 Å². The lowest BCUT2D eigenvalue weighted by atomic mass is 9.87. The zero-order valence-corrected chi connectivity index (χ0v) is 19.0. The van der Waals surface area contributed by atoms with Crippen LogP contribution in [0.2, 0.25) is 0 Å².